The van der Waals surface area contributed by atoms with Gasteiger partial charge in [0.25, 0.3) is 0 Å². The van der Waals surface area contributed by atoms with Crippen molar-refractivity contribution in [2.45, 2.75) is 32.9 Å². The van der Waals surface area contributed by atoms with E-state index >= 15 is 0 Å². The van der Waals surface area contributed by atoms with Gasteiger partial charge < -0.3 is 20.1 Å². The molecule has 0 saturated carbocycles. The van der Waals surface area contributed by atoms with E-state index in [0.717, 1.165) is 25.2 Å². The SMILES string of the molecule is CCC(C)N(C)CCNCc1ccc(OC)c(O)c1. The molecule has 1 unspecified atom stereocenters. The summed E-state index contributed by atoms with van der Waals surface area (Å²) in [6, 6.07) is 6.11. The van der Waals surface area contributed by atoms with Gasteiger partial charge >= 0.3 is 0 Å². The molecule has 1 aromatic rings. The van der Waals surface area contributed by atoms with E-state index in [-0.39, 0.29) is 5.75 Å². The molecule has 0 aliphatic rings. The summed E-state index contributed by atoms with van der Waals surface area (Å²) in [5, 5.41) is 13.1. The number of ether oxygens (including phenoxy) is 1. The summed E-state index contributed by atoms with van der Waals surface area (Å²) in [5.41, 5.74) is 1.06. The van der Waals surface area contributed by atoms with Gasteiger partial charge in [-0.1, -0.05) is 13.0 Å². The van der Waals surface area contributed by atoms with Crippen LogP contribution < -0.4 is 10.1 Å². The van der Waals surface area contributed by atoms with Crippen LogP contribution in [-0.2, 0) is 6.54 Å². The van der Waals surface area contributed by atoms with E-state index in [2.05, 4.69) is 31.1 Å². The Morgan fingerprint density at radius 2 is 2.16 bits per heavy atom. The first-order valence-electron chi connectivity index (χ1n) is 6.85. The van der Waals surface area contributed by atoms with Gasteiger partial charge in [0.05, 0.1) is 7.11 Å². The Labute approximate surface area is 116 Å². The van der Waals surface area contributed by atoms with E-state index in [1.54, 1.807) is 19.2 Å². The average Bonchev–Trinajstić information content (AvgIpc) is 2.42. The fraction of sp³-hybridized carbons (Fsp3) is 0.600. The molecule has 0 aromatic heterocycles. The Bertz CT molecular complexity index is 382. The normalized spacial score (nSPS) is 12.7. The highest BCUT2D eigenvalue weighted by molar-refractivity contribution is 5.41. The number of nitrogens with zero attached hydrogens (tertiary/aromatic N) is 1. The maximum Gasteiger partial charge on any atom is 0.160 e. The molecule has 1 rings (SSSR count). The van der Waals surface area contributed by atoms with Crippen molar-refractivity contribution in [2.75, 3.05) is 27.2 Å². The number of phenolic OH excluding ortho intramolecular Hbond substituents is 1. The maximum atomic E-state index is 9.68. The zero-order valence-corrected chi connectivity index (χ0v) is 12.4. The highest BCUT2D eigenvalue weighted by Gasteiger charge is 2.06. The summed E-state index contributed by atoms with van der Waals surface area (Å²) in [6.07, 6.45) is 1.17. The van der Waals surface area contributed by atoms with E-state index in [0.29, 0.717) is 11.8 Å². The van der Waals surface area contributed by atoms with Crippen LogP contribution in [0.5, 0.6) is 11.5 Å². The van der Waals surface area contributed by atoms with Gasteiger partial charge in [0.1, 0.15) is 0 Å². The van der Waals surface area contributed by atoms with Gasteiger partial charge in [0.15, 0.2) is 11.5 Å². The van der Waals surface area contributed by atoms with Gasteiger partial charge in [-0.25, -0.2) is 0 Å². The van der Waals surface area contributed by atoms with Gasteiger partial charge in [-0.05, 0) is 38.1 Å². The highest BCUT2D eigenvalue weighted by Crippen LogP contribution is 2.25. The van der Waals surface area contributed by atoms with E-state index in [4.69, 9.17) is 4.74 Å². The smallest absolute Gasteiger partial charge is 0.160 e. The first kappa shape index (κ1) is 15.8. The van der Waals surface area contributed by atoms with Gasteiger partial charge in [0.2, 0.25) is 0 Å². The van der Waals surface area contributed by atoms with Crippen molar-refractivity contribution >= 4 is 0 Å². The molecule has 0 spiro atoms. The summed E-state index contributed by atoms with van der Waals surface area (Å²) in [4.78, 5) is 2.35. The second-order valence-corrected chi connectivity index (χ2v) is 4.92. The fourth-order valence-electron chi connectivity index (χ4n) is 1.87. The molecular weight excluding hydrogens is 240 g/mol. The van der Waals surface area contributed by atoms with Crippen LogP contribution >= 0.6 is 0 Å². The van der Waals surface area contributed by atoms with Gasteiger partial charge in [-0.15, -0.1) is 0 Å². The third-order valence-corrected chi connectivity index (χ3v) is 3.56. The Morgan fingerprint density at radius 1 is 1.42 bits per heavy atom. The van der Waals surface area contributed by atoms with Crippen molar-refractivity contribution in [2.24, 2.45) is 0 Å². The van der Waals surface area contributed by atoms with Crippen molar-refractivity contribution < 1.29 is 9.84 Å². The van der Waals surface area contributed by atoms with E-state index in [1.165, 1.54) is 6.42 Å². The van der Waals surface area contributed by atoms with E-state index in [9.17, 15) is 5.11 Å². The fourth-order valence-corrected chi connectivity index (χ4v) is 1.87. The minimum atomic E-state index is 0.193. The summed E-state index contributed by atoms with van der Waals surface area (Å²) in [7, 11) is 3.70. The summed E-state index contributed by atoms with van der Waals surface area (Å²) in [5.74, 6) is 0.707. The summed E-state index contributed by atoms with van der Waals surface area (Å²) >= 11 is 0. The lowest BCUT2D eigenvalue weighted by molar-refractivity contribution is 0.251. The molecule has 108 valence electrons. The molecule has 0 aliphatic heterocycles. The monoisotopic (exact) mass is 266 g/mol. The molecule has 19 heavy (non-hydrogen) atoms. The van der Waals surface area contributed by atoms with Crippen molar-refractivity contribution in [3.63, 3.8) is 0 Å². The van der Waals surface area contributed by atoms with Crippen LogP contribution in [0.4, 0.5) is 0 Å². The molecule has 0 amide bonds. The molecule has 2 N–H and O–H groups in total. The average molecular weight is 266 g/mol. The molecule has 0 radical (unpaired) electrons. The number of nitrogens with one attached hydrogen (secondary N) is 1. The van der Waals surface area contributed by atoms with Crippen LogP contribution in [0.3, 0.4) is 0 Å². The third kappa shape index (κ3) is 5.09. The quantitative estimate of drug-likeness (QED) is 0.708. The van der Waals surface area contributed by atoms with E-state index in [1.807, 2.05) is 6.07 Å². The molecule has 0 aliphatic carbocycles. The highest BCUT2D eigenvalue weighted by atomic mass is 16.5. The number of phenols is 1. The van der Waals surface area contributed by atoms with Crippen LogP contribution in [0.2, 0.25) is 0 Å². The third-order valence-electron chi connectivity index (χ3n) is 3.56. The first-order valence-corrected chi connectivity index (χ1v) is 6.85. The standard InChI is InChI=1S/C15H26N2O2/c1-5-12(2)17(3)9-8-16-11-13-6-7-15(19-4)14(18)10-13/h6-7,10,12,16,18H,5,8-9,11H2,1-4H3. The number of methoxy groups -OCH3 is 1. The van der Waals surface area contributed by atoms with Crippen molar-refractivity contribution in [1.82, 2.24) is 10.2 Å². The van der Waals surface area contributed by atoms with Crippen LogP contribution in [0.15, 0.2) is 18.2 Å². The van der Waals surface area contributed by atoms with E-state index < -0.39 is 0 Å². The summed E-state index contributed by atoms with van der Waals surface area (Å²) < 4.78 is 5.02. The molecule has 4 nitrogen and oxygen atoms in total. The molecule has 4 heteroatoms. The Hall–Kier alpha value is -1.26. The summed E-state index contributed by atoms with van der Waals surface area (Å²) in [6.45, 7) is 7.16. The van der Waals surface area contributed by atoms with Crippen molar-refractivity contribution in [3.8, 4) is 11.5 Å². The lowest BCUT2D eigenvalue weighted by Crippen LogP contribution is -2.34. The van der Waals surface area contributed by atoms with Gasteiger partial charge in [-0.3, -0.25) is 0 Å². The predicted octanol–water partition coefficient (Wildman–Crippen LogP) is 2.22. The lowest BCUT2D eigenvalue weighted by Gasteiger charge is -2.23. The largest absolute Gasteiger partial charge is 0.504 e. The molecule has 0 fully saturated rings. The maximum absolute atomic E-state index is 9.68. The zero-order valence-electron chi connectivity index (χ0n) is 12.4. The lowest BCUT2D eigenvalue weighted by atomic mass is 10.2. The Morgan fingerprint density at radius 3 is 2.74 bits per heavy atom. The van der Waals surface area contributed by atoms with Gasteiger partial charge in [-0.2, -0.15) is 0 Å². The molecular formula is C15H26N2O2. The number of hydrogen-bond donors (Lipinski definition) is 2. The minimum Gasteiger partial charge on any atom is -0.504 e. The number of benzene rings is 1. The van der Waals surface area contributed by atoms with Crippen LogP contribution in [0, 0.1) is 0 Å². The van der Waals surface area contributed by atoms with Crippen molar-refractivity contribution in [1.29, 1.82) is 0 Å². The second-order valence-electron chi connectivity index (χ2n) is 4.92. The topological polar surface area (TPSA) is 44.7 Å². The second kappa shape index (κ2) is 8.02. The van der Waals surface area contributed by atoms with Crippen LogP contribution in [0.1, 0.15) is 25.8 Å². The Kier molecular flexibility index (Phi) is 6.67. The van der Waals surface area contributed by atoms with Crippen molar-refractivity contribution in [3.05, 3.63) is 23.8 Å². The molecule has 1 aromatic carbocycles. The Balaban J connectivity index is 2.31. The number of hydrogen-bond acceptors (Lipinski definition) is 4. The first-order chi connectivity index (χ1) is 9.08. The van der Waals surface area contributed by atoms with Crippen LogP contribution in [0.25, 0.3) is 0 Å². The van der Waals surface area contributed by atoms with Gasteiger partial charge in [0, 0.05) is 25.7 Å². The molecule has 0 saturated heterocycles. The molecule has 0 heterocycles. The molecule has 0 bridgehead atoms. The van der Waals surface area contributed by atoms with Crippen LogP contribution in [-0.4, -0.2) is 43.3 Å². The zero-order chi connectivity index (χ0) is 14.3. The number of aromatic hydroxyl groups is 1. The molecule has 1 atom stereocenters. The predicted molar refractivity (Wildman–Crippen MR) is 78.7 cm³/mol. The minimum absolute atomic E-state index is 0.193. The number of rotatable bonds is 8. The number of likely N-dealkylation sites (N-methyl/N-ethyl adjacent to an activating group) is 1.